The van der Waals surface area contributed by atoms with E-state index in [-0.39, 0.29) is 16.2 Å². The van der Waals surface area contributed by atoms with E-state index in [1.165, 1.54) is 16.4 Å². The largest absolute Gasteiger partial charge is 0.381 e. The lowest BCUT2D eigenvalue weighted by Gasteiger charge is -2.37. The predicted octanol–water partition coefficient (Wildman–Crippen LogP) is 1.85. The summed E-state index contributed by atoms with van der Waals surface area (Å²) < 4.78 is 49.3. The molecule has 146 valence electrons. The van der Waals surface area contributed by atoms with Crippen molar-refractivity contribution >= 4 is 10.0 Å². The van der Waals surface area contributed by atoms with Gasteiger partial charge in [0.05, 0.1) is 4.90 Å². The Labute approximate surface area is 158 Å². The molecule has 0 saturated carbocycles. The molecule has 1 aromatic carbocycles. The molecule has 1 unspecified atom stereocenters. The fourth-order valence-electron chi connectivity index (χ4n) is 4.34. The number of aromatic nitrogens is 3. The summed E-state index contributed by atoms with van der Waals surface area (Å²) in [6.07, 6.45) is 3.16. The molecule has 7 nitrogen and oxygen atoms in total. The van der Waals surface area contributed by atoms with E-state index in [1.54, 1.807) is 13.3 Å². The second kappa shape index (κ2) is 6.65. The molecule has 2 fully saturated rings. The van der Waals surface area contributed by atoms with Crippen molar-refractivity contribution in [1.82, 2.24) is 19.1 Å². The van der Waals surface area contributed by atoms with Gasteiger partial charge in [0.2, 0.25) is 10.0 Å². The van der Waals surface area contributed by atoms with Gasteiger partial charge in [-0.05, 0) is 42.9 Å². The first-order valence-electron chi connectivity index (χ1n) is 9.01. The number of rotatable bonds is 3. The van der Waals surface area contributed by atoms with Gasteiger partial charge < -0.3 is 9.30 Å². The Hall–Kier alpha value is -1.84. The van der Waals surface area contributed by atoms with Crippen LogP contribution in [0, 0.1) is 18.2 Å². The van der Waals surface area contributed by atoms with E-state index in [0.29, 0.717) is 31.9 Å². The molecule has 1 spiro atoms. The maximum absolute atomic E-state index is 13.7. The minimum absolute atomic E-state index is 0.0309. The van der Waals surface area contributed by atoms with Gasteiger partial charge in [-0.2, -0.15) is 4.31 Å². The molecule has 2 aliphatic heterocycles. The van der Waals surface area contributed by atoms with Crippen molar-refractivity contribution < 1.29 is 17.5 Å². The van der Waals surface area contributed by atoms with Crippen molar-refractivity contribution in [2.24, 2.45) is 12.5 Å². The van der Waals surface area contributed by atoms with Gasteiger partial charge >= 0.3 is 0 Å². The predicted molar refractivity (Wildman–Crippen MR) is 96.1 cm³/mol. The highest BCUT2D eigenvalue weighted by Gasteiger charge is 2.52. The molecule has 1 aromatic heterocycles. The van der Waals surface area contributed by atoms with Crippen molar-refractivity contribution in [2.75, 3.05) is 26.3 Å². The summed E-state index contributed by atoms with van der Waals surface area (Å²) in [5.41, 5.74) is 0.299. The smallest absolute Gasteiger partial charge is 0.243 e. The number of nitrogens with zero attached hydrogens (tertiary/aromatic N) is 4. The summed E-state index contributed by atoms with van der Waals surface area (Å²) in [7, 11) is -1.94. The second-order valence-electron chi connectivity index (χ2n) is 7.53. The number of halogens is 1. The quantitative estimate of drug-likeness (QED) is 0.794. The van der Waals surface area contributed by atoms with E-state index in [9.17, 15) is 12.8 Å². The molecular formula is C18H23FN4O3S. The summed E-state index contributed by atoms with van der Waals surface area (Å²) in [5, 5.41) is 8.24. The van der Waals surface area contributed by atoms with Crippen LogP contribution in [0.2, 0.25) is 0 Å². The van der Waals surface area contributed by atoms with Crippen LogP contribution in [0.25, 0.3) is 0 Å². The van der Waals surface area contributed by atoms with E-state index in [1.807, 2.05) is 11.6 Å². The summed E-state index contributed by atoms with van der Waals surface area (Å²) in [6.45, 7) is 3.58. The topological polar surface area (TPSA) is 77.3 Å². The molecular weight excluding hydrogens is 371 g/mol. The maximum Gasteiger partial charge on any atom is 0.243 e. The van der Waals surface area contributed by atoms with Gasteiger partial charge in [-0.3, -0.25) is 0 Å². The van der Waals surface area contributed by atoms with Crippen molar-refractivity contribution in [3.8, 4) is 0 Å². The van der Waals surface area contributed by atoms with E-state index in [4.69, 9.17) is 4.74 Å². The number of aryl methyl sites for hydroxylation is 2. The van der Waals surface area contributed by atoms with E-state index in [0.717, 1.165) is 24.7 Å². The van der Waals surface area contributed by atoms with Crippen LogP contribution < -0.4 is 0 Å². The zero-order chi connectivity index (χ0) is 19.2. The first kappa shape index (κ1) is 18.5. The van der Waals surface area contributed by atoms with Crippen molar-refractivity contribution in [3.63, 3.8) is 0 Å². The van der Waals surface area contributed by atoms with Crippen molar-refractivity contribution in [3.05, 3.63) is 41.7 Å². The SMILES string of the molecule is Cc1ccc(F)cc1S(=O)(=O)N1CC(c2nncn2C)C2(CCOCC2)C1. The molecule has 3 heterocycles. The minimum Gasteiger partial charge on any atom is -0.381 e. The van der Waals surface area contributed by atoms with Crippen LogP contribution in [-0.4, -0.2) is 53.8 Å². The Balaban J connectivity index is 1.75. The number of hydrogen-bond acceptors (Lipinski definition) is 5. The van der Waals surface area contributed by atoms with Crippen LogP contribution in [0.3, 0.4) is 0 Å². The van der Waals surface area contributed by atoms with Gasteiger partial charge in [0.25, 0.3) is 0 Å². The molecule has 0 aliphatic carbocycles. The summed E-state index contributed by atoms with van der Waals surface area (Å²) in [5.74, 6) is 0.159. The third kappa shape index (κ3) is 3.07. The van der Waals surface area contributed by atoms with Gasteiger partial charge in [-0.1, -0.05) is 6.07 Å². The van der Waals surface area contributed by atoms with Crippen LogP contribution in [-0.2, 0) is 21.8 Å². The lowest BCUT2D eigenvalue weighted by molar-refractivity contribution is 0.0131. The maximum atomic E-state index is 13.7. The lowest BCUT2D eigenvalue weighted by Crippen LogP contribution is -2.37. The van der Waals surface area contributed by atoms with Crippen LogP contribution >= 0.6 is 0 Å². The Morgan fingerprint density at radius 1 is 1.30 bits per heavy atom. The average Bonchev–Trinajstić information content (AvgIpc) is 3.21. The molecule has 4 rings (SSSR count). The molecule has 2 aliphatic rings. The number of hydrogen-bond donors (Lipinski definition) is 0. The second-order valence-corrected chi connectivity index (χ2v) is 9.44. The van der Waals surface area contributed by atoms with Crippen LogP contribution in [0.15, 0.2) is 29.4 Å². The van der Waals surface area contributed by atoms with Crippen LogP contribution in [0.4, 0.5) is 4.39 Å². The molecule has 2 saturated heterocycles. The van der Waals surface area contributed by atoms with Gasteiger partial charge in [-0.25, -0.2) is 12.8 Å². The lowest BCUT2D eigenvalue weighted by atomic mass is 9.72. The average molecular weight is 394 g/mol. The molecule has 9 heteroatoms. The first-order valence-corrected chi connectivity index (χ1v) is 10.5. The molecule has 0 N–H and O–H groups in total. The molecule has 0 amide bonds. The summed E-state index contributed by atoms with van der Waals surface area (Å²) >= 11 is 0. The van der Waals surface area contributed by atoms with Gasteiger partial charge in [0.1, 0.15) is 18.0 Å². The molecule has 1 atom stereocenters. The summed E-state index contributed by atoms with van der Waals surface area (Å²) in [4.78, 5) is 0.0309. The zero-order valence-corrected chi connectivity index (χ0v) is 16.2. The Bertz CT molecular complexity index is 953. The number of benzene rings is 1. The van der Waals surface area contributed by atoms with E-state index >= 15 is 0 Å². The molecule has 0 radical (unpaired) electrons. The Morgan fingerprint density at radius 2 is 2.04 bits per heavy atom. The minimum atomic E-state index is -3.81. The highest BCUT2D eigenvalue weighted by atomic mass is 32.2. The van der Waals surface area contributed by atoms with Crippen LogP contribution in [0.1, 0.15) is 30.1 Å². The molecule has 2 aromatic rings. The Kier molecular flexibility index (Phi) is 4.56. The highest BCUT2D eigenvalue weighted by Crippen LogP contribution is 2.50. The third-order valence-corrected chi connectivity index (χ3v) is 7.88. The fourth-order valence-corrected chi connectivity index (χ4v) is 6.13. The van der Waals surface area contributed by atoms with Gasteiger partial charge in [0.15, 0.2) is 0 Å². The number of sulfonamides is 1. The third-order valence-electron chi connectivity index (χ3n) is 5.93. The fraction of sp³-hybridized carbons (Fsp3) is 0.556. The highest BCUT2D eigenvalue weighted by molar-refractivity contribution is 7.89. The van der Waals surface area contributed by atoms with Crippen molar-refractivity contribution in [1.29, 1.82) is 0 Å². The Morgan fingerprint density at radius 3 is 2.70 bits per heavy atom. The normalized spacial score (nSPS) is 23.1. The van der Waals surface area contributed by atoms with Gasteiger partial charge in [-0.15, -0.1) is 10.2 Å². The summed E-state index contributed by atoms with van der Waals surface area (Å²) in [6, 6.07) is 3.89. The first-order chi connectivity index (χ1) is 12.8. The van der Waals surface area contributed by atoms with Gasteiger partial charge in [0, 0.05) is 39.3 Å². The standard InChI is InChI=1S/C18H23FN4O3S/c1-13-3-4-14(19)9-16(13)27(24,25)23-10-15(17-21-20-12-22(17)2)18(11-23)5-7-26-8-6-18/h3-4,9,12,15H,5-8,10-11H2,1-2H3. The van der Waals surface area contributed by atoms with E-state index in [2.05, 4.69) is 10.2 Å². The molecule has 27 heavy (non-hydrogen) atoms. The zero-order valence-electron chi connectivity index (χ0n) is 15.4. The molecule has 0 bridgehead atoms. The van der Waals surface area contributed by atoms with Crippen LogP contribution in [0.5, 0.6) is 0 Å². The van der Waals surface area contributed by atoms with E-state index < -0.39 is 15.8 Å². The number of ether oxygens (including phenoxy) is 1. The van der Waals surface area contributed by atoms with Crippen molar-refractivity contribution in [2.45, 2.75) is 30.6 Å². The monoisotopic (exact) mass is 394 g/mol.